The molecule has 0 spiro atoms. The number of hydrogen-bond donors (Lipinski definition) is 1. The Morgan fingerprint density at radius 1 is 0.938 bits per heavy atom. The largest absolute Gasteiger partial charge is 0.497 e. The van der Waals surface area contributed by atoms with Gasteiger partial charge in [0.2, 0.25) is 0 Å². The second-order valence-electron chi connectivity index (χ2n) is 6.82. The average molecular weight is 432 g/mol. The van der Waals surface area contributed by atoms with E-state index in [0.717, 1.165) is 5.56 Å². The maximum Gasteiger partial charge on any atom is 0.343 e. The van der Waals surface area contributed by atoms with Gasteiger partial charge in [0.15, 0.2) is 11.5 Å². The van der Waals surface area contributed by atoms with Crippen molar-refractivity contribution in [2.24, 2.45) is 5.10 Å². The van der Waals surface area contributed by atoms with Crippen molar-refractivity contribution in [3.8, 4) is 17.2 Å². The molecule has 32 heavy (non-hydrogen) atoms. The maximum atomic E-state index is 12.5. The number of nitrogens with one attached hydrogen (secondary N) is 1. The van der Waals surface area contributed by atoms with Gasteiger partial charge in [0.25, 0.3) is 5.91 Å². The Morgan fingerprint density at radius 2 is 1.62 bits per heavy atom. The molecule has 7 nitrogen and oxygen atoms in total. The Kier molecular flexibility index (Phi) is 7.59. The Balaban J connectivity index is 1.69. The third kappa shape index (κ3) is 5.95. The van der Waals surface area contributed by atoms with Crippen LogP contribution in [0.4, 0.5) is 0 Å². The highest BCUT2D eigenvalue weighted by molar-refractivity contribution is 5.95. The summed E-state index contributed by atoms with van der Waals surface area (Å²) in [7, 11) is 1.56. The van der Waals surface area contributed by atoms with E-state index in [1.807, 2.05) is 26.0 Å². The smallest absolute Gasteiger partial charge is 0.343 e. The number of carbonyl (C=O) groups excluding carboxylic acids is 2. The SMILES string of the molecule is CCOc1cc(/C=N/NC(=O)c2ccc(C)cc2)ccc1OC(=O)c1ccc(OC)cc1. The molecule has 3 rings (SSSR count). The molecular weight excluding hydrogens is 408 g/mol. The summed E-state index contributed by atoms with van der Waals surface area (Å²) in [5.74, 6) is 0.503. The van der Waals surface area contributed by atoms with E-state index in [4.69, 9.17) is 14.2 Å². The molecule has 3 aromatic carbocycles. The highest BCUT2D eigenvalue weighted by Crippen LogP contribution is 2.29. The lowest BCUT2D eigenvalue weighted by Crippen LogP contribution is -2.17. The summed E-state index contributed by atoms with van der Waals surface area (Å²) < 4.78 is 16.2. The predicted octanol–water partition coefficient (Wildman–Crippen LogP) is 4.39. The zero-order valence-electron chi connectivity index (χ0n) is 18.1. The van der Waals surface area contributed by atoms with Gasteiger partial charge in [0.1, 0.15) is 5.75 Å². The van der Waals surface area contributed by atoms with Gasteiger partial charge in [-0.15, -0.1) is 0 Å². The number of amides is 1. The highest BCUT2D eigenvalue weighted by atomic mass is 16.6. The lowest BCUT2D eigenvalue weighted by atomic mass is 10.1. The van der Waals surface area contributed by atoms with Crippen molar-refractivity contribution in [1.29, 1.82) is 0 Å². The van der Waals surface area contributed by atoms with Crippen molar-refractivity contribution in [1.82, 2.24) is 5.43 Å². The zero-order valence-corrected chi connectivity index (χ0v) is 18.1. The lowest BCUT2D eigenvalue weighted by molar-refractivity contribution is 0.0728. The molecule has 0 radical (unpaired) electrons. The molecular formula is C25H24N2O5. The van der Waals surface area contributed by atoms with Crippen LogP contribution in [0.1, 0.15) is 38.8 Å². The zero-order chi connectivity index (χ0) is 22.9. The quantitative estimate of drug-likeness (QED) is 0.247. The van der Waals surface area contributed by atoms with Gasteiger partial charge in [0.05, 0.1) is 25.5 Å². The average Bonchev–Trinajstić information content (AvgIpc) is 2.81. The fourth-order valence-electron chi connectivity index (χ4n) is 2.78. The maximum absolute atomic E-state index is 12.5. The molecule has 1 N–H and O–H groups in total. The third-order valence-electron chi connectivity index (χ3n) is 4.49. The van der Waals surface area contributed by atoms with Crippen LogP contribution >= 0.6 is 0 Å². The minimum absolute atomic E-state index is 0.286. The number of hydrogen-bond acceptors (Lipinski definition) is 6. The van der Waals surface area contributed by atoms with Crippen molar-refractivity contribution < 1.29 is 23.8 Å². The molecule has 0 aromatic heterocycles. The fourth-order valence-corrected chi connectivity index (χ4v) is 2.78. The second kappa shape index (κ2) is 10.8. The molecule has 0 saturated heterocycles. The number of hydrazone groups is 1. The van der Waals surface area contributed by atoms with Gasteiger partial charge in [-0.25, -0.2) is 10.2 Å². The first kappa shape index (κ1) is 22.6. The minimum atomic E-state index is -0.514. The van der Waals surface area contributed by atoms with Crippen LogP contribution in [0.25, 0.3) is 0 Å². The van der Waals surface area contributed by atoms with Crippen molar-refractivity contribution in [3.63, 3.8) is 0 Å². The topological polar surface area (TPSA) is 86.2 Å². The summed E-state index contributed by atoms with van der Waals surface area (Å²) in [5, 5.41) is 4.00. The van der Waals surface area contributed by atoms with Gasteiger partial charge in [0, 0.05) is 5.56 Å². The summed E-state index contributed by atoms with van der Waals surface area (Å²) >= 11 is 0. The molecule has 1 amide bonds. The van der Waals surface area contributed by atoms with E-state index in [-0.39, 0.29) is 11.7 Å². The first-order chi connectivity index (χ1) is 15.5. The van der Waals surface area contributed by atoms with E-state index >= 15 is 0 Å². The molecule has 0 unspecified atom stereocenters. The van der Waals surface area contributed by atoms with Gasteiger partial charge >= 0.3 is 5.97 Å². The number of nitrogens with zero attached hydrogens (tertiary/aromatic N) is 1. The molecule has 0 aliphatic rings. The number of esters is 1. The first-order valence-corrected chi connectivity index (χ1v) is 10.0. The Labute approximate surface area is 186 Å². The van der Waals surface area contributed by atoms with Gasteiger partial charge < -0.3 is 14.2 Å². The standard InChI is InChI=1S/C25H24N2O5/c1-4-31-23-15-18(16-26-27-24(28)19-8-5-17(2)6-9-19)7-14-22(23)32-25(29)20-10-12-21(30-3)13-11-20/h5-16H,4H2,1-3H3,(H,27,28)/b26-16+. The van der Waals surface area contributed by atoms with Crippen LogP contribution in [0.3, 0.4) is 0 Å². The van der Waals surface area contributed by atoms with Crippen LogP contribution in [-0.4, -0.2) is 31.8 Å². The molecule has 164 valence electrons. The Hall–Kier alpha value is -4.13. The lowest BCUT2D eigenvalue weighted by Gasteiger charge is -2.11. The molecule has 0 heterocycles. The summed E-state index contributed by atoms with van der Waals surface area (Å²) in [6.07, 6.45) is 1.49. The van der Waals surface area contributed by atoms with Crippen LogP contribution in [-0.2, 0) is 0 Å². The number of ether oxygens (including phenoxy) is 3. The van der Waals surface area contributed by atoms with Crippen LogP contribution in [0.5, 0.6) is 17.2 Å². The summed E-state index contributed by atoms with van der Waals surface area (Å²) in [5.41, 5.74) is 5.13. The number of methoxy groups -OCH3 is 1. The second-order valence-corrected chi connectivity index (χ2v) is 6.82. The van der Waals surface area contributed by atoms with Crippen molar-refractivity contribution >= 4 is 18.1 Å². The number of aryl methyl sites for hydroxylation is 1. The van der Waals surface area contributed by atoms with E-state index in [1.165, 1.54) is 6.21 Å². The van der Waals surface area contributed by atoms with Crippen molar-refractivity contribution in [2.75, 3.05) is 13.7 Å². The molecule has 0 fully saturated rings. The molecule has 3 aromatic rings. The normalized spacial score (nSPS) is 10.6. The first-order valence-electron chi connectivity index (χ1n) is 10.0. The molecule has 0 aliphatic heterocycles. The monoisotopic (exact) mass is 432 g/mol. The van der Waals surface area contributed by atoms with E-state index in [9.17, 15) is 9.59 Å². The third-order valence-corrected chi connectivity index (χ3v) is 4.49. The van der Waals surface area contributed by atoms with E-state index in [2.05, 4.69) is 10.5 Å². The summed E-state index contributed by atoms with van der Waals surface area (Å²) in [6, 6.07) is 18.8. The molecule has 7 heteroatoms. The van der Waals surface area contributed by atoms with Gasteiger partial charge in [-0.1, -0.05) is 17.7 Å². The van der Waals surface area contributed by atoms with Crippen LogP contribution < -0.4 is 19.6 Å². The van der Waals surface area contributed by atoms with Crippen LogP contribution in [0, 0.1) is 6.92 Å². The van der Waals surface area contributed by atoms with Gasteiger partial charge in [-0.05, 0) is 74.0 Å². The van der Waals surface area contributed by atoms with Crippen molar-refractivity contribution in [3.05, 3.63) is 89.0 Å². The summed E-state index contributed by atoms with van der Waals surface area (Å²) in [6.45, 7) is 4.17. The van der Waals surface area contributed by atoms with E-state index < -0.39 is 5.97 Å². The molecule has 0 aliphatic carbocycles. The van der Waals surface area contributed by atoms with Gasteiger partial charge in [-0.2, -0.15) is 5.10 Å². The molecule has 0 saturated carbocycles. The molecule has 0 atom stereocenters. The Morgan fingerprint density at radius 3 is 2.28 bits per heavy atom. The molecule has 0 bridgehead atoms. The summed E-state index contributed by atoms with van der Waals surface area (Å²) in [4.78, 5) is 24.6. The van der Waals surface area contributed by atoms with E-state index in [1.54, 1.807) is 61.7 Å². The Bertz CT molecular complexity index is 1110. The van der Waals surface area contributed by atoms with Crippen LogP contribution in [0.2, 0.25) is 0 Å². The predicted molar refractivity (Wildman–Crippen MR) is 122 cm³/mol. The number of benzene rings is 3. The van der Waals surface area contributed by atoms with Gasteiger partial charge in [-0.3, -0.25) is 4.79 Å². The number of rotatable bonds is 8. The fraction of sp³-hybridized carbons (Fsp3) is 0.160. The minimum Gasteiger partial charge on any atom is -0.497 e. The number of carbonyl (C=O) groups is 2. The van der Waals surface area contributed by atoms with Crippen molar-refractivity contribution in [2.45, 2.75) is 13.8 Å². The van der Waals surface area contributed by atoms with Crippen LogP contribution in [0.15, 0.2) is 71.8 Å². The highest BCUT2D eigenvalue weighted by Gasteiger charge is 2.13. The van der Waals surface area contributed by atoms with E-state index in [0.29, 0.717) is 34.8 Å².